The van der Waals surface area contributed by atoms with Crippen LogP contribution in [0.2, 0.25) is 0 Å². The Morgan fingerprint density at radius 1 is 1.43 bits per heavy atom. The summed E-state index contributed by atoms with van der Waals surface area (Å²) in [6.07, 6.45) is 2.41. The van der Waals surface area contributed by atoms with Crippen molar-refractivity contribution in [2.75, 3.05) is 0 Å². The maximum atomic E-state index is 13.6. The Balaban J connectivity index is 2.41. The zero-order chi connectivity index (χ0) is 15.8. The molecule has 1 unspecified atom stereocenters. The van der Waals surface area contributed by atoms with Crippen molar-refractivity contribution < 1.29 is 17.7 Å². The van der Waals surface area contributed by atoms with E-state index in [-0.39, 0.29) is 11.5 Å². The molecule has 1 saturated carbocycles. The third kappa shape index (κ3) is 3.06. The predicted molar refractivity (Wildman–Crippen MR) is 74.8 cm³/mol. The van der Waals surface area contributed by atoms with E-state index >= 15 is 0 Å². The average Bonchev–Trinajstić information content (AvgIpc) is 2.67. The molecule has 0 aliphatic heterocycles. The summed E-state index contributed by atoms with van der Waals surface area (Å²) in [5.41, 5.74) is -1.24. The van der Waals surface area contributed by atoms with E-state index in [4.69, 9.17) is 0 Å². The lowest BCUT2D eigenvalue weighted by Crippen LogP contribution is -2.41. The number of halogens is 1. The molecule has 1 aliphatic carbocycles. The number of hydrogen-bond donors (Lipinski definition) is 1. The lowest BCUT2D eigenvalue weighted by Gasteiger charge is -2.27. The molecule has 1 fully saturated rings. The lowest BCUT2D eigenvalue weighted by molar-refractivity contribution is -0.390. The standard InChI is InChI=1S/C13H17FN2O4S/c1-13(2)8-4-7-11(13)15-21(19,20)10-6-3-5-9(14)12(10)16(17)18/h3,5-6,11,15H,4,7-8H2,1-2H3. The second kappa shape index (κ2) is 5.34. The van der Waals surface area contributed by atoms with Gasteiger partial charge in [0.1, 0.15) is 0 Å². The summed E-state index contributed by atoms with van der Waals surface area (Å²) >= 11 is 0. The van der Waals surface area contributed by atoms with Crippen molar-refractivity contribution in [3.05, 3.63) is 34.1 Å². The maximum absolute atomic E-state index is 13.6. The first-order valence-electron chi connectivity index (χ1n) is 6.60. The minimum atomic E-state index is -4.14. The first-order chi connectivity index (χ1) is 9.65. The van der Waals surface area contributed by atoms with Gasteiger partial charge in [0.05, 0.1) is 4.92 Å². The Bertz CT molecular complexity index is 673. The van der Waals surface area contributed by atoms with Crippen LogP contribution in [0, 0.1) is 21.3 Å². The molecule has 0 aromatic heterocycles. The molecule has 8 heteroatoms. The van der Waals surface area contributed by atoms with Gasteiger partial charge < -0.3 is 0 Å². The lowest BCUT2D eigenvalue weighted by atomic mass is 9.88. The fraction of sp³-hybridized carbons (Fsp3) is 0.538. The molecule has 2 rings (SSSR count). The number of nitrogens with one attached hydrogen (secondary N) is 1. The number of nitrogens with zero attached hydrogens (tertiary/aromatic N) is 1. The molecule has 0 amide bonds. The highest BCUT2D eigenvalue weighted by molar-refractivity contribution is 7.89. The van der Waals surface area contributed by atoms with Gasteiger partial charge in [0.2, 0.25) is 15.8 Å². The molecule has 1 aromatic carbocycles. The number of hydrogen-bond acceptors (Lipinski definition) is 4. The SMILES string of the molecule is CC1(C)CCCC1NS(=O)(=O)c1cccc(F)c1[N+](=O)[O-]. The van der Waals surface area contributed by atoms with E-state index in [2.05, 4.69) is 4.72 Å². The minimum Gasteiger partial charge on any atom is -0.258 e. The number of rotatable bonds is 4. The monoisotopic (exact) mass is 316 g/mol. The molecular formula is C13H17FN2O4S. The van der Waals surface area contributed by atoms with Gasteiger partial charge in [0.25, 0.3) is 0 Å². The van der Waals surface area contributed by atoms with E-state index in [1.54, 1.807) is 0 Å². The second-order valence-corrected chi connectivity index (χ2v) is 7.58. The summed E-state index contributed by atoms with van der Waals surface area (Å²) < 4.78 is 40.8. The van der Waals surface area contributed by atoms with Crippen molar-refractivity contribution in [2.24, 2.45) is 5.41 Å². The van der Waals surface area contributed by atoms with Crippen LogP contribution < -0.4 is 4.72 Å². The Kier molecular flexibility index (Phi) is 4.03. The van der Waals surface area contributed by atoms with E-state index in [0.29, 0.717) is 6.42 Å². The van der Waals surface area contributed by atoms with E-state index in [0.717, 1.165) is 31.0 Å². The van der Waals surface area contributed by atoms with E-state index < -0.39 is 31.3 Å². The van der Waals surface area contributed by atoms with Crippen molar-refractivity contribution in [3.63, 3.8) is 0 Å². The van der Waals surface area contributed by atoms with Crippen LogP contribution >= 0.6 is 0 Å². The van der Waals surface area contributed by atoms with E-state index in [1.807, 2.05) is 13.8 Å². The van der Waals surface area contributed by atoms with Gasteiger partial charge in [0, 0.05) is 6.04 Å². The molecule has 21 heavy (non-hydrogen) atoms. The number of nitro groups is 1. The van der Waals surface area contributed by atoms with Crippen LogP contribution in [-0.4, -0.2) is 19.4 Å². The molecule has 0 heterocycles. The molecule has 1 N–H and O–H groups in total. The average molecular weight is 316 g/mol. The van der Waals surface area contributed by atoms with Crippen LogP contribution in [0.5, 0.6) is 0 Å². The minimum absolute atomic E-state index is 0.227. The molecule has 1 aromatic rings. The van der Waals surface area contributed by atoms with Crippen molar-refractivity contribution in [2.45, 2.75) is 44.0 Å². The van der Waals surface area contributed by atoms with E-state index in [1.165, 1.54) is 0 Å². The predicted octanol–water partition coefficient (Wildman–Crippen LogP) is 2.59. The third-order valence-electron chi connectivity index (χ3n) is 3.98. The van der Waals surface area contributed by atoms with Gasteiger partial charge in [-0.2, -0.15) is 4.39 Å². The second-order valence-electron chi connectivity index (χ2n) is 5.90. The van der Waals surface area contributed by atoms with Crippen molar-refractivity contribution in [1.82, 2.24) is 4.72 Å². The number of benzene rings is 1. The van der Waals surface area contributed by atoms with Crippen molar-refractivity contribution >= 4 is 15.7 Å². The van der Waals surface area contributed by atoms with Crippen molar-refractivity contribution in [1.29, 1.82) is 0 Å². The number of sulfonamides is 1. The summed E-state index contributed by atoms with van der Waals surface area (Å²) in [4.78, 5) is 9.29. The zero-order valence-electron chi connectivity index (χ0n) is 11.8. The van der Waals surface area contributed by atoms with Crippen LogP contribution in [0.3, 0.4) is 0 Å². The molecule has 116 valence electrons. The Morgan fingerprint density at radius 2 is 2.10 bits per heavy atom. The van der Waals surface area contributed by atoms with Crippen LogP contribution in [0.25, 0.3) is 0 Å². The van der Waals surface area contributed by atoms with Gasteiger partial charge in [-0.3, -0.25) is 10.1 Å². The summed E-state index contributed by atoms with van der Waals surface area (Å²) in [7, 11) is -4.14. The van der Waals surface area contributed by atoms with E-state index in [9.17, 15) is 22.9 Å². The largest absolute Gasteiger partial charge is 0.324 e. The molecular weight excluding hydrogens is 299 g/mol. The van der Waals surface area contributed by atoms with Gasteiger partial charge in [-0.1, -0.05) is 26.3 Å². The molecule has 0 saturated heterocycles. The molecule has 0 spiro atoms. The highest BCUT2D eigenvalue weighted by Gasteiger charge is 2.39. The van der Waals surface area contributed by atoms with Crippen LogP contribution in [0.15, 0.2) is 23.1 Å². The van der Waals surface area contributed by atoms with Crippen LogP contribution in [-0.2, 0) is 10.0 Å². The molecule has 1 aliphatic rings. The maximum Gasteiger partial charge on any atom is 0.324 e. The summed E-state index contributed by atoms with van der Waals surface area (Å²) in [5, 5.41) is 10.9. The number of nitro benzene ring substituents is 1. The highest BCUT2D eigenvalue weighted by Crippen LogP contribution is 2.38. The van der Waals surface area contributed by atoms with Gasteiger partial charge in [-0.05, 0) is 30.4 Å². The van der Waals surface area contributed by atoms with Gasteiger partial charge >= 0.3 is 5.69 Å². The van der Waals surface area contributed by atoms with Gasteiger partial charge in [-0.25, -0.2) is 13.1 Å². The molecule has 0 radical (unpaired) electrons. The molecule has 1 atom stereocenters. The first-order valence-corrected chi connectivity index (χ1v) is 8.09. The fourth-order valence-corrected chi connectivity index (χ4v) is 4.31. The number of para-hydroxylation sites is 1. The van der Waals surface area contributed by atoms with Gasteiger partial charge in [-0.15, -0.1) is 0 Å². The molecule has 6 nitrogen and oxygen atoms in total. The Labute approximate surface area is 122 Å². The van der Waals surface area contributed by atoms with Crippen LogP contribution in [0.1, 0.15) is 33.1 Å². The zero-order valence-corrected chi connectivity index (χ0v) is 12.6. The summed E-state index contributed by atoms with van der Waals surface area (Å²) in [6, 6.07) is 2.75. The summed E-state index contributed by atoms with van der Waals surface area (Å²) in [6.45, 7) is 3.88. The van der Waals surface area contributed by atoms with Gasteiger partial charge in [0.15, 0.2) is 4.90 Å². The fourth-order valence-electron chi connectivity index (χ4n) is 2.69. The van der Waals surface area contributed by atoms with Crippen molar-refractivity contribution in [3.8, 4) is 0 Å². The normalized spacial score (nSPS) is 21.4. The smallest absolute Gasteiger partial charge is 0.258 e. The molecule has 0 bridgehead atoms. The first kappa shape index (κ1) is 15.8. The Hall–Kier alpha value is -1.54. The quantitative estimate of drug-likeness (QED) is 0.683. The van der Waals surface area contributed by atoms with Crippen LogP contribution in [0.4, 0.5) is 10.1 Å². The third-order valence-corrected chi connectivity index (χ3v) is 5.48. The Morgan fingerprint density at radius 3 is 2.62 bits per heavy atom. The highest BCUT2D eigenvalue weighted by atomic mass is 32.2. The summed E-state index contributed by atoms with van der Waals surface area (Å²) in [5.74, 6) is -1.16. The topological polar surface area (TPSA) is 89.3 Å².